The Labute approximate surface area is 85.2 Å². The highest BCUT2D eigenvalue weighted by Gasteiger charge is 2.25. The third-order valence-electron chi connectivity index (χ3n) is 2.60. The van der Waals surface area contributed by atoms with Crippen LogP contribution in [0.4, 0.5) is 0 Å². The van der Waals surface area contributed by atoms with E-state index in [0.717, 1.165) is 12.8 Å². The Morgan fingerprint density at radius 2 is 2.43 bits per heavy atom. The first-order chi connectivity index (χ1) is 6.63. The molecule has 0 bridgehead atoms. The molecule has 1 fully saturated rings. The molecule has 1 saturated heterocycles. The maximum absolute atomic E-state index is 11.7. The molecule has 1 aliphatic heterocycles. The van der Waals surface area contributed by atoms with Gasteiger partial charge in [0.15, 0.2) is 0 Å². The van der Waals surface area contributed by atoms with Gasteiger partial charge in [-0.15, -0.1) is 0 Å². The number of amides is 1. The second kappa shape index (κ2) is 5.32. The maximum atomic E-state index is 11.7. The summed E-state index contributed by atoms with van der Waals surface area (Å²) in [5.74, 6) is 0.228. The summed E-state index contributed by atoms with van der Waals surface area (Å²) in [6, 6.07) is 0.0700. The first kappa shape index (κ1) is 11.5. The smallest absolute Gasteiger partial charge is 0.223 e. The zero-order valence-electron chi connectivity index (χ0n) is 8.95. The summed E-state index contributed by atoms with van der Waals surface area (Å²) in [6.07, 6.45) is 1.85. The molecule has 3 atom stereocenters. The molecule has 1 rings (SSSR count). The number of nitrogens with two attached hydrogens (primary N) is 1. The summed E-state index contributed by atoms with van der Waals surface area (Å²) in [5, 5.41) is 2.90. The summed E-state index contributed by atoms with van der Waals surface area (Å²) in [6.45, 7) is 5.10. The van der Waals surface area contributed by atoms with Gasteiger partial charge in [-0.25, -0.2) is 0 Å². The fraction of sp³-hybridized carbons (Fsp3) is 0.900. The molecule has 1 aliphatic rings. The zero-order valence-corrected chi connectivity index (χ0v) is 8.95. The van der Waals surface area contributed by atoms with Gasteiger partial charge in [-0.1, -0.05) is 0 Å². The Kier molecular flexibility index (Phi) is 4.35. The molecule has 82 valence electrons. The molecular weight excluding hydrogens is 180 g/mol. The van der Waals surface area contributed by atoms with Crippen molar-refractivity contribution in [3.05, 3.63) is 0 Å². The van der Waals surface area contributed by atoms with Crippen LogP contribution in [0.25, 0.3) is 0 Å². The van der Waals surface area contributed by atoms with Crippen LogP contribution >= 0.6 is 0 Å². The Bertz CT molecular complexity index is 197. The quantitative estimate of drug-likeness (QED) is 0.687. The molecule has 4 nitrogen and oxygen atoms in total. The van der Waals surface area contributed by atoms with Gasteiger partial charge in [0.2, 0.25) is 5.91 Å². The van der Waals surface area contributed by atoms with Crippen molar-refractivity contribution in [3.8, 4) is 0 Å². The van der Waals surface area contributed by atoms with Crippen LogP contribution in [0.1, 0.15) is 26.7 Å². The third-order valence-corrected chi connectivity index (χ3v) is 2.60. The van der Waals surface area contributed by atoms with Crippen LogP contribution in [-0.4, -0.2) is 31.2 Å². The van der Waals surface area contributed by atoms with Crippen LogP contribution in [0.2, 0.25) is 0 Å². The van der Waals surface area contributed by atoms with E-state index in [1.54, 1.807) is 0 Å². The van der Waals surface area contributed by atoms with Gasteiger partial charge in [0.05, 0.1) is 6.10 Å². The van der Waals surface area contributed by atoms with E-state index in [9.17, 15) is 4.79 Å². The van der Waals surface area contributed by atoms with Crippen molar-refractivity contribution >= 4 is 5.91 Å². The molecule has 0 aromatic carbocycles. The van der Waals surface area contributed by atoms with Crippen molar-refractivity contribution in [3.63, 3.8) is 0 Å². The molecule has 14 heavy (non-hydrogen) atoms. The molecule has 1 amide bonds. The van der Waals surface area contributed by atoms with Crippen LogP contribution in [0, 0.1) is 5.92 Å². The summed E-state index contributed by atoms with van der Waals surface area (Å²) >= 11 is 0. The third kappa shape index (κ3) is 3.27. The van der Waals surface area contributed by atoms with E-state index >= 15 is 0 Å². The normalized spacial score (nSPS) is 29.6. The molecule has 1 heterocycles. The first-order valence-corrected chi connectivity index (χ1v) is 5.25. The predicted octanol–water partition coefficient (Wildman–Crippen LogP) is 0.265. The molecule has 0 saturated carbocycles. The van der Waals surface area contributed by atoms with Gasteiger partial charge in [-0.2, -0.15) is 0 Å². The highest BCUT2D eigenvalue weighted by molar-refractivity contribution is 5.79. The van der Waals surface area contributed by atoms with Crippen LogP contribution in [0.5, 0.6) is 0 Å². The second-order valence-corrected chi connectivity index (χ2v) is 4.05. The Hall–Kier alpha value is -0.610. The molecular formula is C10H20N2O2. The fourth-order valence-electron chi connectivity index (χ4n) is 1.66. The second-order valence-electron chi connectivity index (χ2n) is 4.05. The number of carbonyl (C=O) groups is 1. The van der Waals surface area contributed by atoms with Crippen molar-refractivity contribution in [1.82, 2.24) is 5.32 Å². The Morgan fingerprint density at radius 3 is 3.00 bits per heavy atom. The van der Waals surface area contributed by atoms with Gasteiger partial charge in [-0.05, 0) is 26.7 Å². The summed E-state index contributed by atoms with van der Waals surface area (Å²) in [4.78, 5) is 11.7. The first-order valence-electron chi connectivity index (χ1n) is 5.25. The Morgan fingerprint density at radius 1 is 1.71 bits per heavy atom. The van der Waals surface area contributed by atoms with Crippen molar-refractivity contribution in [2.45, 2.75) is 38.8 Å². The monoisotopic (exact) mass is 200 g/mol. The van der Waals surface area contributed by atoms with Crippen LogP contribution in [0.15, 0.2) is 0 Å². The Balaban J connectivity index is 2.36. The highest BCUT2D eigenvalue weighted by atomic mass is 16.5. The van der Waals surface area contributed by atoms with Gasteiger partial charge in [-0.3, -0.25) is 4.79 Å². The van der Waals surface area contributed by atoms with E-state index in [1.807, 2.05) is 13.8 Å². The lowest BCUT2D eigenvalue weighted by Crippen LogP contribution is -2.43. The summed E-state index contributed by atoms with van der Waals surface area (Å²) in [7, 11) is 0. The molecule has 4 heteroatoms. The standard InChI is InChI=1S/C10H20N2O2/c1-7(6-11)12-10(13)9-3-4-14-8(2)5-9/h7-9H,3-6,11H2,1-2H3,(H,12,13). The number of rotatable bonds is 3. The van der Waals surface area contributed by atoms with Gasteiger partial charge < -0.3 is 15.8 Å². The minimum atomic E-state index is 0.0700. The molecule has 3 N–H and O–H groups in total. The molecule has 0 radical (unpaired) electrons. The van der Waals surface area contributed by atoms with Gasteiger partial charge >= 0.3 is 0 Å². The minimum Gasteiger partial charge on any atom is -0.378 e. The molecule has 0 spiro atoms. The average molecular weight is 200 g/mol. The van der Waals surface area contributed by atoms with E-state index in [4.69, 9.17) is 10.5 Å². The van der Waals surface area contributed by atoms with Crippen molar-refractivity contribution in [1.29, 1.82) is 0 Å². The highest BCUT2D eigenvalue weighted by Crippen LogP contribution is 2.19. The number of hydrogen-bond acceptors (Lipinski definition) is 3. The van der Waals surface area contributed by atoms with Crippen molar-refractivity contribution in [2.75, 3.05) is 13.2 Å². The van der Waals surface area contributed by atoms with E-state index in [-0.39, 0.29) is 24.0 Å². The predicted molar refractivity (Wildman–Crippen MR) is 54.8 cm³/mol. The van der Waals surface area contributed by atoms with Gasteiger partial charge in [0, 0.05) is 25.1 Å². The van der Waals surface area contributed by atoms with Crippen LogP contribution < -0.4 is 11.1 Å². The number of ether oxygens (including phenoxy) is 1. The summed E-state index contributed by atoms with van der Waals surface area (Å²) in [5.41, 5.74) is 5.44. The zero-order chi connectivity index (χ0) is 10.6. The number of nitrogens with one attached hydrogen (secondary N) is 1. The molecule has 0 aromatic rings. The van der Waals surface area contributed by atoms with Crippen molar-refractivity contribution in [2.24, 2.45) is 11.7 Å². The van der Waals surface area contributed by atoms with E-state index in [1.165, 1.54) is 0 Å². The summed E-state index contributed by atoms with van der Waals surface area (Å²) < 4.78 is 5.38. The number of carbonyl (C=O) groups excluding carboxylic acids is 1. The molecule has 3 unspecified atom stereocenters. The largest absolute Gasteiger partial charge is 0.378 e. The van der Waals surface area contributed by atoms with Crippen LogP contribution in [0.3, 0.4) is 0 Å². The SMILES string of the molecule is CC(CN)NC(=O)C1CCOC(C)C1. The van der Waals surface area contributed by atoms with Gasteiger partial charge in [0.1, 0.15) is 0 Å². The average Bonchev–Trinajstić information content (AvgIpc) is 2.17. The van der Waals surface area contributed by atoms with Crippen LogP contribution in [-0.2, 0) is 9.53 Å². The molecule has 0 aromatic heterocycles. The topological polar surface area (TPSA) is 64.3 Å². The molecule has 0 aliphatic carbocycles. The van der Waals surface area contributed by atoms with Gasteiger partial charge in [0.25, 0.3) is 0 Å². The minimum absolute atomic E-state index is 0.0700. The lowest BCUT2D eigenvalue weighted by atomic mass is 9.95. The lowest BCUT2D eigenvalue weighted by molar-refractivity contribution is -0.130. The van der Waals surface area contributed by atoms with E-state index in [0.29, 0.717) is 13.2 Å². The fourth-order valence-corrected chi connectivity index (χ4v) is 1.66. The van der Waals surface area contributed by atoms with Crippen molar-refractivity contribution < 1.29 is 9.53 Å². The lowest BCUT2D eigenvalue weighted by Gasteiger charge is -2.27. The van der Waals surface area contributed by atoms with E-state index in [2.05, 4.69) is 5.32 Å². The maximum Gasteiger partial charge on any atom is 0.223 e. The number of hydrogen-bond donors (Lipinski definition) is 2. The van der Waals surface area contributed by atoms with E-state index < -0.39 is 0 Å².